The summed E-state index contributed by atoms with van der Waals surface area (Å²) in [5, 5.41) is 8.11. The molecule has 2 aromatic carbocycles. The standard InChI is InChI=1S/C26H20F2N6O2/c1-16-23-20(17-5-3-2-4-6-17)11-13-29-24(23)34(33-16)15-22(35)32-26-30-14-12-21(31-26)18-7-9-19(10-8-18)36-25(27)28/h2-14,25H,15H2,1H3,(H,30,31,32,35). The fourth-order valence-corrected chi connectivity index (χ4v) is 3.94. The van der Waals surface area contributed by atoms with Gasteiger partial charge in [0.15, 0.2) is 5.65 Å². The van der Waals surface area contributed by atoms with E-state index in [4.69, 9.17) is 0 Å². The number of pyridine rings is 1. The number of hydrogen-bond donors (Lipinski definition) is 1. The Morgan fingerprint density at radius 2 is 1.72 bits per heavy atom. The van der Waals surface area contributed by atoms with Gasteiger partial charge in [-0.1, -0.05) is 30.3 Å². The summed E-state index contributed by atoms with van der Waals surface area (Å²) in [6, 6.07) is 19.5. The van der Waals surface area contributed by atoms with Crippen LogP contribution in [0.5, 0.6) is 5.75 Å². The Bertz CT molecular complexity index is 1520. The lowest BCUT2D eigenvalue weighted by Crippen LogP contribution is -2.21. The molecule has 0 atom stereocenters. The van der Waals surface area contributed by atoms with E-state index >= 15 is 0 Å². The minimum Gasteiger partial charge on any atom is -0.435 e. The summed E-state index contributed by atoms with van der Waals surface area (Å²) >= 11 is 0. The van der Waals surface area contributed by atoms with E-state index < -0.39 is 6.61 Å². The number of fused-ring (bicyclic) bond motifs is 1. The average Bonchev–Trinajstić information content (AvgIpc) is 3.20. The zero-order chi connectivity index (χ0) is 25.1. The van der Waals surface area contributed by atoms with Crippen molar-refractivity contribution in [2.75, 3.05) is 5.32 Å². The number of benzene rings is 2. The molecule has 3 heterocycles. The molecule has 1 N–H and O–H groups in total. The fourth-order valence-electron chi connectivity index (χ4n) is 3.94. The molecule has 0 unspecified atom stereocenters. The van der Waals surface area contributed by atoms with E-state index in [0.29, 0.717) is 16.9 Å². The minimum absolute atomic E-state index is 0.0436. The van der Waals surface area contributed by atoms with Crippen LogP contribution in [0.4, 0.5) is 14.7 Å². The first-order valence-electron chi connectivity index (χ1n) is 11.0. The van der Waals surface area contributed by atoms with Crippen molar-refractivity contribution in [1.82, 2.24) is 24.7 Å². The normalized spacial score (nSPS) is 11.1. The highest BCUT2D eigenvalue weighted by Crippen LogP contribution is 2.29. The highest BCUT2D eigenvalue weighted by molar-refractivity contribution is 5.96. The zero-order valence-corrected chi connectivity index (χ0v) is 19.1. The molecule has 0 fully saturated rings. The van der Waals surface area contributed by atoms with Crippen LogP contribution in [0.1, 0.15) is 5.69 Å². The highest BCUT2D eigenvalue weighted by Gasteiger charge is 2.16. The largest absolute Gasteiger partial charge is 0.435 e. The third kappa shape index (κ3) is 4.88. The molecular weight excluding hydrogens is 466 g/mol. The van der Waals surface area contributed by atoms with E-state index in [1.807, 2.05) is 43.3 Å². The molecule has 0 radical (unpaired) electrons. The lowest BCUT2D eigenvalue weighted by Gasteiger charge is -2.08. The zero-order valence-electron chi connectivity index (χ0n) is 19.1. The van der Waals surface area contributed by atoms with Crippen LogP contribution in [0.3, 0.4) is 0 Å². The first-order valence-corrected chi connectivity index (χ1v) is 11.0. The van der Waals surface area contributed by atoms with Crippen LogP contribution in [0, 0.1) is 6.92 Å². The van der Waals surface area contributed by atoms with E-state index in [1.165, 1.54) is 18.3 Å². The molecule has 0 aliphatic rings. The van der Waals surface area contributed by atoms with Crippen molar-refractivity contribution in [3.05, 3.63) is 84.8 Å². The number of nitrogens with one attached hydrogen (secondary N) is 1. The summed E-state index contributed by atoms with van der Waals surface area (Å²) in [6.07, 6.45) is 3.20. The third-order valence-electron chi connectivity index (χ3n) is 5.47. The monoisotopic (exact) mass is 486 g/mol. The number of aryl methyl sites for hydroxylation is 1. The number of ether oxygens (including phenoxy) is 1. The number of rotatable bonds is 7. The second kappa shape index (κ2) is 9.87. The first kappa shape index (κ1) is 23.0. The Morgan fingerprint density at radius 1 is 0.972 bits per heavy atom. The molecule has 36 heavy (non-hydrogen) atoms. The third-order valence-corrected chi connectivity index (χ3v) is 5.47. The molecule has 5 aromatic rings. The maximum Gasteiger partial charge on any atom is 0.387 e. The predicted octanol–water partition coefficient (Wildman–Crippen LogP) is 5.10. The van der Waals surface area contributed by atoms with Crippen LogP contribution in [0.15, 0.2) is 79.1 Å². The van der Waals surface area contributed by atoms with Crippen molar-refractivity contribution in [2.45, 2.75) is 20.1 Å². The molecule has 5 rings (SSSR count). The molecule has 0 saturated carbocycles. The Morgan fingerprint density at radius 3 is 2.47 bits per heavy atom. The van der Waals surface area contributed by atoms with Gasteiger partial charge in [-0.05, 0) is 54.4 Å². The lowest BCUT2D eigenvalue weighted by molar-refractivity contribution is -0.116. The number of amides is 1. The van der Waals surface area contributed by atoms with Gasteiger partial charge in [0.25, 0.3) is 0 Å². The number of aromatic nitrogens is 5. The van der Waals surface area contributed by atoms with Crippen LogP contribution >= 0.6 is 0 Å². The van der Waals surface area contributed by atoms with E-state index in [2.05, 4.69) is 30.1 Å². The van der Waals surface area contributed by atoms with Crippen LogP contribution in [-0.4, -0.2) is 37.3 Å². The molecule has 3 aromatic heterocycles. The summed E-state index contributed by atoms with van der Waals surface area (Å²) in [6.45, 7) is -1.09. The number of nitrogens with zero attached hydrogens (tertiary/aromatic N) is 5. The number of carbonyl (C=O) groups is 1. The number of alkyl halides is 2. The minimum atomic E-state index is -2.90. The van der Waals surface area contributed by atoms with Gasteiger partial charge >= 0.3 is 6.61 Å². The van der Waals surface area contributed by atoms with E-state index in [1.54, 1.807) is 29.1 Å². The summed E-state index contributed by atoms with van der Waals surface area (Å²) in [5.41, 5.74) is 4.56. The van der Waals surface area contributed by atoms with Gasteiger partial charge in [0.05, 0.1) is 11.4 Å². The van der Waals surface area contributed by atoms with Crippen molar-refractivity contribution >= 4 is 22.9 Å². The van der Waals surface area contributed by atoms with Crippen molar-refractivity contribution in [3.63, 3.8) is 0 Å². The number of halogens is 2. The quantitative estimate of drug-likeness (QED) is 0.344. The second-order valence-corrected chi connectivity index (χ2v) is 7.88. The first-order chi connectivity index (χ1) is 17.5. The van der Waals surface area contributed by atoms with Crippen LogP contribution in [-0.2, 0) is 11.3 Å². The van der Waals surface area contributed by atoms with Gasteiger partial charge in [0, 0.05) is 23.3 Å². The van der Waals surface area contributed by atoms with Gasteiger partial charge in [-0.15, -0.1) is 0 Å². The van der Waals surface area contributed by atoms with Crippen molar-refractivity contribution in [1.29, 1.82) is 0 Å². The van der Waals surface area contributed by atoms with E-state index in [9.17, 15) is 13.6 Å². The Labute approximate surface area is 204 Å². The summed E-state index contributed by atoms with van der Waals surface area (Å²) in [7, 11) is 0. The van der Waals surface area contributed by atoms with E-state index in [-0.39, 0.29) is 24.1 Å². The van der Waals surface area contributed by atoms with Crippen LogP contribution in [0.25, 0.3) is 33.4 Å². The summed E-state index contributed by atoms with van der Waals surface area (Å²) in [4.78, 5) is 25.7. The summed E-state index contributed by atoms with van der Waals surface area (Å²) in [5.74, 6) is -0.220. The number of carbonyl (C=O) groups excluding carboxylic acids is 1. The van der Waals surface area contributed by atoms with Crippen molar-refractivity contribution < 1.29 is 18.3 Å². The molecule has 0 saturated heterocycles. The van der Waals surface area contributed by atoms with Gasteiger partial charge in [0.1, 0.15) is 12.3 Å². The maximum atomic E-state index is 12.8. The SMILES string of the molecule is Cc1nn(CC(=O)Nc2nccc(-c3ccc(OC(F)F)cc3)n2)c2nccc(-c3ccccc3)c12. The topological polar surface area (TPSA) is 94.8 Å². The Kier molecular flexibility index (Phi) is 6.31. The molecule has 0 aliphatic carbocycles. The Hall–Kier alpha value is -4.73. The molecule has 0 spiro atoms. The Balaban J connectivity index is 1.34. The lowest BCUT2D eigenvalue weighted by atomic mass is 10.0. The number of hydrogen-bond acceptors (Lipinski definition) is 6. The molecule has 0 bridgehead atoms. The second-order valence-electron chi connectivity index (χ2n) is 7.88. The molecule has 1 amide bonds. The van der Waals surface area contributed by atoms with Crippen molar-refractivity contribution in [3.8, 4) is 28.1 Å². The molecule has 180 valence electrons. The highest BCUT2D eigenvalue weighted by atomic mass is 19.3. The maximum absolute atomic E-state index is 12.8. The van der Waals surface area contributed by atoms with Crippen molar-refractivity contribution in [2.24, 2.45) is 0 Å². The molecule has 8 nitrogen and oxygen atoms in total. The molecular formula is C26H20F2N6O2. The van der Waals surface area contributed by atoms with Gasteiger partial charge < -0.3 is 4.74 Å². The van der Waals surface area contributed by atoms with Gasteiger partial charge in [-0.3, -0.25) is 10.1 Å². The number of anilines is 1. The summed E-state index contributed by atoms with van der Waals surface area (Å²) < 4.78 is 30.7. The smallest absolute Gasteiger partial charge is 0.387 e. The van der Waals surface area contributed by atoms with Gasteiger partial charge in [0.2, 0.25) is 11.9 Å². The van der Waals surface area contributed by atoms with E-state index in [0.717, 1.165) is 22.2 Å². The predicted molar refractivity (Wildman–Crippen MR) is 130 cm³/mol. The fraction of sp³-hybridized carbons (Fsp3) is 0.115. The molecule has 10 heteroatoms. The molecule has 0 aliphatic heterocycles. The van der Waals surface area contributed by atoms with Crippen LogP contribution < -0.4 is 10.1 Å². The van der Waals surface area contributed by atoms with Gasteiger partial charge in [-0.2, -0.15) is 13.9 Å². The van der Waals surface area contributed by atoms with Gasteiger partial charge in [-0.25, -0.2) is 19.6 Å². The average molecular weight is 486 g/mol. The van der Waals surface area contributed by atoms with Crippen LogP contribution in [0.2, 0.25) is 0 Å².